The Labute approximate surface area is 159 Å². The molecule has 1 aromatic heterocycles. The molecule has 1 aliphatic heterocycles. The normalized spacial score (nSPS) is 16.1. The molecule has 0 bridgehead atoms. The van der Waals surface area contributed by atoms with Crippen LogP contribution >= 0.6 is 0 Å². The number of hydrazone groups is 1. The van der Waals surface area contributed by atoms with Gasteiger partial charge in [0.25, 0.3) is 5.56 Å². The highest BCUT2D eigenvalue weighted by Crippen LogP contribution is 2.37. The van der Waals surface area contributed by atoms with E-state index in [1.165, 1.54) is 33.2 Å². The van der Waals surface area contributed by atoms with Gasteiger partial charge in [-0.3, -0.25) is 19.1 Å². The fourth-order valence-corrected chi connectivity index (χ4v) is 3.14. The number of aromatic amines is 1. The zero-order valence-electron chi connectivity index (χ0n) is 15.8. The maximum absolute atomic E-state index is 12.3. The van der Waals surface area contributed by atoms with Gasteiger partial charge in [-0.2, -0.15) is 5.10 Å². The van der Waals surface area contributed by atoms with Gasteiger partial charge >= 0.3 is 5.69 Å². The van der Waals surface area contributed by atoms with Crippen LogP contribution in [0.25, 0.3) is 0 Å². The maximum Gasteiger partial charge on any atom is 0.330 e. The highest BCUT2D eigenvalue weighted by atomic mass is 16.5. The van der Waals surface area contributed by atoms with Crippen LogP contribution in [0.3, 0.4) is 0 Å². The molecule has 10 heteroatoms. The van der Waals surface area contributed by atoms with E-state index in [2.05, 4.69) is 10.1 Å². The molecule has 3 rings (SSSR count). The number of aromatic nitrogens is 2. The Morgan fingerprint density at radius 1 is 1.25 bits per heavy atom. The largest absolute Gasteiger partial charge is 0.494 e. The number of methoxy groups -OCH3 is 2. The van der Waals surface area contributed by atoms with Crippen molar-refractivity contribution in [2.75, 3.05) is 14.2 Å². The van der Waals surface area contributed by atoms with E-state index in [4.69, 9.17) is 9.47 Å². The lowest BCUT2D eigenvalue weighted by molar-refractivity contribution is -0.130. The van der Waals surface area contributed by atoms with E-state index in [1.807, 2.05) is 0 Å². The van der Waals surface area contributed by atoms with Crippen molar-refractivity contribution in [3.8, 4) is 17.4 Å². The predicted molar refractivity (Wildman–Crippen MR) is 99.9 cm³/mol. The quantitative estimate of drug-likeness (QED) is 0.785. The minimum absolute atomic E-state index is 0.142. The molecule has 10 nitrogen and oxygen atoms in total. The highest BCUT2D eigenvalue weighted by Gasteiger charge is 2.34. The summed E-state index contributed by atoms with van der Waals surface area (Å²) in [5.41, 5.74) is -0.742. The first-order valence-corrected chi connectivity index (χ1v) is 8.40. The van der Waals surface area contributed by atoms with Crippen molar-refractivity contribution in [3.63, 3.8) is 0 Å². The molecule has 2 aromatic rings. The van der Waals surface area contributed by atoms with Crippen molar-refractivity contribution < 1.29 is 19.4 Å². The second-order valence-electron chi connectivity index (χ2n) is 6.26. The van der Waals surface area contributed by atoms with Crippen molar-refractivity contribution >= 4 is 11.6 Å². The Morgan fingerprint density at radius 3 is 2.54 bits per heavy atom. The van der Waals surface area contributed by atoms with Crippen molar-refractivity contribution in [1.29, 1.82) is 0 Å². The molecule has 2 heterocycles. The first-order chi connectivity index (χ1) is 13.3. The zero-order valence-corrected chi connectivity index (χ0v) is 15.8. The number of ether oxygens (including phenoxy) is 2. The fraction of sp³-hybridized carbons (Fsp3) is 0.333. The van der Waals surface area contributed by atoms with Crippen molar-refractivity contribution in [2.45, 2.75) is 19.4 Å². The number of carbonyl (C=O) groups is 1. The molecule has 0 aliphatic carbocycles. The molecular formula is C18H20N4O6. The molecule has 148 valence electrons. The van der Waals surface area contributed by atoms with Crippen LogP contribution in [0.5, 0.6) is 17.4 Å². The SMILES string of the molecule is COc1ccc([C@@H]2CC(c3c(O)n(C)c(=O)[nH]c3=O)=NN2C(C)=O)cc1OC. The standard InChI is InChI=1S/C18H20N4O6/c1-9(23)22-12(10-5-6-13(27-3)14(7-10)28-4)8-11(20-22)15-16(24)19-18(26)21(2)17(15)25/h5-7,12,25H,8H2,1-4H3,(H,19,24,26)/t12-/m0/s1. The topological polar surface area (TPSA) is 126 Å². The Balaban J connectivity index is 2.08. The minimum Gasteiger partial charge on any atom is -0.494 e. The number of nitrogens with one attached hydrogen (secondary N) is 1. The third-order valence-corrected chi connectivity index (χ3v) is 4.61. The van der Waals surface area contributed by atoms with Gasteiger partial charge in [-0.15, -0.1) is 0 Å². The summed E-state index contributed by atoms with van der Waals surface area (Å²) in [6, 6.07) is 4.69. The second-order valence-corrected chi connectivity index (χ2v) is 6.26. The van der Waals surface area contributed by atoms with Gasteiger partial charge in [0.2, 0.25) is 11.8 Å². The molecule has 1 aromatic carbocycles. The van der Waals surface area contributed by atoms with Gasteiger partial charge in [-0.25, -0.2) is 9.80 Å². The molecule has 0 unspecified atom stereocenters. The number of benzene rings is 1. The number of nitrogens with zero attached hydrogens (tertiary/aromatic N) is 3. The minimum atomic E-state index is -0.768. The van der Waals surface area contributed by atoms with Gasteiger partial charge in [0, 0.05) is 20.4 Å². The molecule has 0 radical (unpaired) electrons. The number of hydrogen-bond donors (Lipinski definition) is 2. The number of amides is 1. The lowest BCUT2D eigenvalue weighted by Crippen LogP contribution is -2.32. The molecule has 1 amide bonds. The Morgan fingerprint density at radius 2 is 1.93 bits per heavy atom. The Hall–Kier alpha value is -3.56. The average molecular weight is 388 g/mol. The van der Waals surface area contributed by atoms with Gasteiger partial charge in [0.1, 0.15) is 5.56 Å². The van der Waals surface area contributed by atoms with Crippen LogP contribution in [0.1, 0.15) is 30.5 Å². The first kappa shape index (κ1) is 19.2. The molecule has 0 fully saturated rings. The van der Waals surface area contributed by atoms with Crippen molar-refractivity contribution in [2.24, 2.45) is 12.1 Å². The monoisotopic (exact) mass is 388 g/mol. The van der Waals surface area contributed by atoms with Crippen molar-refractivity contribution in [1.82, 2.24) is 14.6 Å². The fourth-order valence-electron chi connectivity index (χ4n) is 3.14. The average Bonchev–Trinajstić information content (AvgIpc) is 3.10. The van der Waals surface area contributed by atoms with Crippen LogP contribution in [0.2, 0.25) is 0 Å². The number of carbonyl (C=O) groups excluding carboxylic acids is 1. The maximum atomic E-state index is 12.3. The molecule has 0 saturated carbocycles. The summed E-state index contributed by atoms with van der Waals surface area (Å²) < 4.78 is 11.4. The predicted octanol–water partition coefficient (Wildman–Crippen LogP) is 0.494. The van der Waals surface area contributed by atoms with Crippen LogP contribution in [0.15, 0.2) is 32.9 Å². The summed E-state index contributed by atoms with van der Waals surface area (Å²) in [7, 11) is 4.34. The van der Waals surface area contributed by atoms with E-state index in [9.17, 15) is 19.5 Å². The Kier molecular flexibility index (Phi) is 4.95. The molecule has 2 N–H and O–H groups in total. The van der Waals surface area contributed by atoms with Crippen molar-refractivity contribution in [3.05, 3.63) is 50.2 Å². The summed E-state index contributed by atoms with van der Waals surface area (Å²) in [5.74, 6) is 0.172. The first-order valence-electron chi connectivity index (χ1n) is 8.40. The third-order valence-electron chi connectivity index (χ3n) is 4.61. The van der Waals surface area contributed by atoms with Crippen LogP contribution in [0.4, 0.5) is 0 Å². The zero-order chi connectivity index (χ0) is 20.6. The van der Waals surface area contributed by atoms with E-state index in [0.29, 0.717) is 17.1 Å². The van der Waals surface area contributed by atoms with Crippen LogP contribution in [0, 0.1) is 0 Å². The molecule has 1 aliphatic rings. The summed E-state index contributed by atoms with van der Waals surface area (Å²) in [6.45, 7) is 1.35. The molecule has 0 saturated heterocycles. The third kappa shape index (κ3) is 3.13. The molecule has 0 spiro atoms. The molecule has 28 heavy (non-hydrogen) atoms. The van der Waals surface area contributed by atoms with Gasteiger partial charge in [-0.1, -0.05) is 6.07 Å². The Bertz CT molecular complexity index is 1080. The number of rotatable bonds is 4. The van der Waals surface area contributed by atoms with E-state index >= 15 is 0 Å². The van der Waals surface area contributed by atoms with Gasteiger partial charge in [0.15, 0.2) is 11.5 Å². The number of hydrogen-bond acceptors (Lipinski definition) is 7. The highest BCUT2D eigenvalue weighted by molar-refractivity contribution is 6.04. The van der Waals surface area contributed by atoms with Gasteiger partial charge in [0.05, 0.1) is 26.0 Å². The summed E-state index contributed by atoms with van der Waals surface area (Å²) in [4.78, 5) is 38.2. The molecular weight excluding hydrogens is 368 g/mol. The van der Waals surface area contributed by atoms with Crippen LogP contribution in [-0.4, -0.2) is 45.5 Å². The smallest absolute Gasteiger partial charge is 0.330 e. The lowest BCUT2D eigenvalue weighted by atomic mass is 9.98. The summed E-state index contributed by atoms with van der Waals surface area (Å²) in [6.07, 6.45) is 0.171. The van der Waals surface area contributed by atoms with Gasteiger partial charge in [-0.05, 0) is 17.7 Å². The number of aromatic hydroxyl groups is 1. The van der Waals surface area contributed by atoms with Crippen LogP contribution in [-0.2, 0) is 11.8 Å². The van der Waals surface area contributed by atoms with Crippen LogP contribution < -0.4 is 20.7 Å². The second kappa shape index (κ2) is 7.22. The van der Waals surface area contributed by atoms with Gasteiger partial charge < -0.3 is 14.6 Å². The number of H-pyrrole nitrogens is 1. The lowest BCUT2D eigenvalue weighted by Gasteiger charge is -2.21. The van der Waals surface area contributed by atoms with E-state index in [-0.39, 0.29) is 23.6 Å². The van der Waals surface area contributed by atoms with E-state index in [1.54, 1.807) is 18.2 Å². The van der Waals surface area contributed by atoms with E-state index < -0.39 is 23.2 Å². The summed E-state index contributed by atoms with van der Waals surface area (Å²) >= 11 is 0. The summed E-state index contributed by atoms with van der Waals surface area (Å²) in [5, 5.41) is 15.7. The molecule has 1 atom stereocenters. The van der Waals surface area contributed by atoms with E-state index in [0.717, 1.165) is 4.57 Å².